The lowest BCUT2D eigenvalue weighted by Crippen LogP contribution is -2.36. The van der Waals surface area contributed by atoms with Gasteiger partial charge in [0.1, 0.15) is 5.82 Å². The zero-order valence-corrected chi connectivity index (χ0v) is 10.9. The van der Waals surface area contributed by atoms with Gasteiger partial charge in [0.2, 0.25) is 0 Å². The molecule has 17 heavy (non-hydrogen) atoms. The number of imidazole rings is 1. The SMILES string of the molecule is CCCOCCC(CCc1nccn1C)NN. The molecule has 1 aromatic rings. The third kappa shape index (κ3) is 5.30. The van der Waals surface area contributed by atoms with Crippen molar-refractivity contribution in [3.05, 3.63) is 18.2 Å². The number of hydrazine groups is 1. The number of hydrogen-bond acceptors (Lipinski definition) is 4. The first-order valence-corrected chi connectivity index (χ1v) is 6.28. The highest BCUT2D eigenvalue weighted by molar-refractivity contribution is 4.91. The van der Waals surface area contributed by atoms with Crippen molar-refractivity contribution in [2.24, 2.45) is 12.9 Å². The molecular formula is C12H24N4O. The highest BCUT2D eigenvalue weighted by Gasteiger charge is 2.08. The molecule has 1 rings (SSSR count). The second-order valence-corrected chi connectivity index (χ2v) is 4.26. The molecule has 1 aromatic heterocycles. The lowest BCUT2D eigenvalue weighted by Gasteiger charge is -2.15. The first-order chi connectivity index (χ1) is 8.27. The second-order valence-electron chi connectivity index (χ2n) is 4.26. The van der Waals surface area contributed by atoms with E-state index in [0.29, 0.717) is 6.04 Å². The minimum Gasteiger partial charge on any atom is -0.381 e. The van der Waals surface area contributed by atoms with Gasteiger partial charge < -0.3 is 9.30 Å². The minimum atomic E-state index is 0.295. The second kappa shape index (κ2) is 8.22. The van der Waals surface area contributed by atoms with E-state index in [-0.39, 0.29) is 0 Å². The molecule has 0 radical (unpaired) electrons. The van der Waals surface area contributed by atoms with Crippen LogP contribution in [0.5, 0.6) is 0 Å². The molecule has 98 valence electrons. The standard InChI is InChI=1S/C12H24N4O/c1-3-9-17-10-6-11(15-13)4-5-12-14-7-8-16(12)2/h7-8,11,15H,3-6,9-10,13H2,1-2H3. The van der Waals surface area contributed by atoms with Gasteiger partial charge in [-0.2, -0.15) is 0 Å². The van der Waals surface area contributed by atoms with E-state index in [1.165, 1.54) is 0 Å². The molecule has 0 saturated heterocycles. The van der Waals surface area contributed by atoms with Crippen LogP contribution in [0.15, 0.2) is 12.4 Å². The molecule has 1 heterocycles. The predicted octanol–water partition coefficient (Wildman–Crippen LogP) is 1.00. The van der Waals surface area contributed by atoms with Gasteiger partial charge in [0.15, 0.2) is 0 Å². The zero-order valence-electron chi connectivity index (χ0n) is 10.9. The van der Waals surface area contributed by atoms with Gasteiger partial charge in [-0.05, 0) is 19.3 Å². The van der Waals surface area contributed by atoms with Crippen LogP contribution >= 0.6 is 0 Å². The fourth-order valence-corrected chi connectivity index (χ4v) is 1.72. The molecule has 3 N–H and O–H groups in total. The first-order valence-electron chi connectivity index (χ1n) is 6.28. The van der Waals surface area contributed by atoms with E-state index in [2.05, 4.69) is 17.3 Å². The molecule has 0 amide bonds. The molecule has 5 heteroatoms. The Kier molecular flexibility index (Phi) is 6.84. The highest BCUT2D eigenvalue weighted by Crippen LogP contribution is 2.05. The van der Waals surface area contributed by atoms with Crippen molar-refractivity contribution in [3.8, 4) is 0 Å². The molecule has 1 unspecified atom stereocenters. The molecule has 0 fully saturated rings. The Hall–Kier alpha value is -0.910. The van der Waals surface area contributed by atoms with E-state index in [1.807, 2.05) is 24.0 Å². The van der Waals surface area contributed by atoms with E-state index in [1.54, 1.807) is 0 Å². The summed E-state index contributed by atoms with van der Waals surface area (Å²) in [6.45, 7) is 3.71. The van der Waals surface area contributed by atoms with Crippen molar-refractivity contribution >= 4 is 0 Å². The molecule has 0 aliphatic rings. The smallest absolute Gasteiger partial charge is 0.108 e. The average molecular weight is 240 g/mol. The quantitative estimate of drug-likeness (QED) is 0.384. The Morgan fingerprint density at radius 2 is 2.29 bits per heavy atom. The van der Waals surface area contributed by atoms with E-state index in [4.69, 9.17) is 10.6 Å². The Labute approximate surface area is 103 Å². The van der Waals surface area contributed by atoms with E-state index >= 15 is 0 Å². The lowest BCUT2D eigenvalue weighted by molar-refractivity contribution is 0.123. The van der Waals surface area contributed by atoms with Crippen LogP contribution in [0.4, 0.5) is 0 Å². The van der Waals surface area contributed by atoms with Crippen LogP contribution in [0.3, 0.4) is 0 Å². The van der Waals surface area contributed by atoms with E-state index in [0.717, 1.165) is 44.7 Å². The van der Waals surface area contributed by atoms with Gasteiger partial charge in [-0.15, -0.1) is 0 Å². The van der Waals surface area contributed by atoms with Crippen LogP contribution in [-0.2, 0) is 18.2 Å². The number of aromatic nitrogens is 2. The first kappa shape index (κ1) is 14.2. The Balaban J connectivity index is 2.20. The molecule has 0 aliphatic heterocycles. The van der Waals surface area contributed by atoms with Gasteiger partial charge in [0.05, 0.1) is 0 Å². The molecule has 5 nitrogen and oxygen atoms in total. The number of hydrogen-bond donors (Lipinski definition) is 2. The number of ether oxygens (including phenoxy) is 1. The number of rotatable bonds is 9. The van der Waals surface area contributed by atoms with Crippen LogP contribution < -0.4 is 11.3 Å². The largest absolute Gasteiger partial charge is 0.381 e. The Morgan fingerprint density at radius 3 is 2.88 bits per heavy atom. The van der Waals surface area contributed by atoms with Crippen LogP contribution in [0, 0.1) is 0 Å². The van der Waals surface area contributed by atoms with Gasteiger partial charge >= 0.3 is 0 Å². The van der Waals surface area contributed by atoms with Gasteiger partial charge in [0.25, 0.3) is 0 Å². The summed E-state index contributed by atoms with van der Waals surface area (Å²) < 4.78 is 7.50. The van der Waals surface area contributed by atoms with Crippen LogP contribution in [0.2, 0.25) is 0 Å². The van der Waals surface area contributed by atoms with Gasteiger partial charge in [0, 0.05) is 45.1 Å². The summed E-state index contributed by atoms with van der Waals surface area (Å²) in [6, 6.07) is 0.295. The van der Waals surface area contributed by atoms with Crippen molar-refractivity contribution < 1.29 is 4.74 Å². The molecule has 0 bridgehead atoms. The molecule has 0 saturated carbocycles. The van der Waals surface area contributed by atoms with E-state index < -0.39 is 0 Å². The van der Waals surface area contributed by atoms with Crippen LogP contribution in [0.1, 0.15) is 32.0 Å². The fraction of sp³-hybridized carbons (Fsp3) is 0.750. The fourth-order valence-electron chi connectivity index (χ4n) is 1.72. The summed E-state index contributed by atoms with van der Waals surface area (Å²) in [6.07, 6.45) is 7.72. The summed E-state index contributed by atoms with van der Waals surface area (Å²) in [5.74, 6) is 6.63. The lowest BCUT2D eigenvalue weighted by atomic mass is 10.1. The molecule has 1 atom stereocenters. The number of nitrogens with one attached hydrogen (secondary N) is 1. The van der Waals surface area contributed by atoms with Crippen molar-refractivity contribution in [2.45, 2.75) is 38.6 Å². The van der Waals surface area contributed by atoms with Crippen molar-refractivity contribution in [2.75, 3.05) is 13.2 Å². The monoisotopic (exact) mass is 240 g/mol. The molecule has 0 aromatic carbocycles. The molecule has 0 spiro atoms. The maximum Gasteiger partial charge on any atom is 0.108 e. The number of nitrogens with two attached hydrogens (primary N) is 1. The predicted molar refractivity (Wildman–Crippen MR) is 68.4 cm³/mol. The summed E-state index contributed by atoms with van der Waals surface area (Å²) in [5.41, 5.74) is 2.84. The van der Waals surface area contributed by atoms with Crippen LogP contribution in [0.25, 0.3) is 0 Å². The normalized spacial score (nSPS) is 12.9. The van der Waals surface area contributed by atoms with Crippen molar-refractivity contribution in [1.82, 2.24) is 15.0 Å². The van der Waals surface area contributed by atoms with E-state index in [9.17, 15) is 0 Å². The van der Waals surface area contributed by atoms with Crippen molar-refractivity contribution in [3.63, 3.8) is 0 Å². The minimum absolute atomic E-state index is 0.295. The van der Waals surface area contributed by atoms with Gasteiger partial charge in [-0.3, -0.25) is 11.3 Å². The molecular weight excluding hydrogens is 216 g/mol. The zero-order chi connectivity index (χ0) is 12.5. The van der Waals surface area contributed by atoms with Gasteiger partial charge in [-0.25, -0.2) is 4.98 Å². The molecule has 0 aliphatic carbocycles. The average Bonchev–Trinajstić information content (AvgIpc) is 2.74. The Bertz CT molecular complexity index is 300. The summed E-state index contributed by atoms with van der Waals surface area (Å²) in [4.78, 5) is 4.29. The van der Waals surface area contributed by atoms with Crippen molar-refractivity contribution in [1.29, 1.82) is 0 Å². The maximum absolute atomic E-state index is 5.53. The van der Waals surface area contributed by atoms with Gasteiger partial charge in [-0.1, -0.05) is 6.92 Å². The summed E-state index contributed by atoms with van der Waals surface area (Å²) in [7, 11) is 2.01. The highest BCUT2D eigenvalue weighted by atomic mass is 16.5. The number of nitrogens with zero attached hydrogens (tertiary/aromatic N) is 2. The van der Waals surface area contributed by atoms with Crippen LogP contribution in [-0.4, -0.2) is 28.8 Å². The summed E-state index contributed by atoms with van der Waals surface area (Å²) >= 11 is 0. The maximum atomic E-state index is 5.53. The number of aryl methyl sites for hydroxylation is 2. The Morgan fingerprint density at radius 1 is 1.47 bits per heavy atom. The summed E-state index contributed by atoms with van der Waals surface area (Å²) in [5, 5.41) is 0. The third-order valence-corrected chi connectivity index (χ3v) is 2.83. The topological polar surface area (TPSA) is 65.1 Å². The third-order valence-electron chi connectivity index (χ3n) is 2.83.